The summed E-state index contributed by atoms with van der Waals surface area (Å²) in [7, 11) is 0. The van der Waals surface area contributed by atoms with Crippen molar-refractivity contribution < 1.29 is 4.79 Å². The Morgan fingerprint density at radius 1 is 1.56 bits per heavy atom. The van der Waals surface area contributed by atoms with Gasteiger partial charge < -0.3 is 10.6 Å². The summed E-state index contributed by atoms with van der Waals surface area (Å²) in [6.07, 6.45) is 0. The van der Waals surface area contributed by atoms with Crippen LogP contribution >= 0.6 is 0 Å². The molecule has 0 aliphatic carbocycles. The smallest absolute Gasteiger partial charge is 0.238 e. The van der Waals surface area contributed by atoms with Crippen LogP contribution in [-0.2, 0) is 4.79 Å². The van der Waals surface area contributed by atoms with Crippen LogP contribution < -0.4 is 10.6 Å². The highest BCUT2D eigenvalue weighted by Gasteiger charge is 2.17. The summed E-state index contributed by atoms with van der Waals surface area (Å²) in [4.78, 5) is 14.1. The van der Waals surface area contributed by atoms with E-state index in [2.05, 4.69) is 22.5 Å². The van der Waals surface area contributed by atoms with E-state index in [1.807, 2.05) is 31.2 Å². The van der Waals surface area contributed by atoms with Gasteiger partial charge in [-0.05, 0) is 31.5 Å². The highest BCUT2D eigenvalue weighted by Crippen LogP contribution is 2.09. The van der Waals surface area contributed by atoms with Crippen molar-refractivity contribution in [1.82, 2.24) is 10.2 Å². The molecular weight excluding hydrogens is 226 g/mol. The molecule has 18 heavy (non-hydrogen) atoms. The van der Waals surface area contributed by atoms with Crippen LogP contribution in [0.1, 0.15) is 12.5 Å². The average molecular weight is 247 g/mol. The van der Waals surface area contributed by atoms with Gasteiger partial charge in [0, 0.05) is 31.4 Å². The van der Waals surface area contributed by atoms with Gasteiger partial charge in [0.15, 0.2) is 0 Å². The second-order valence-corrected chi connectivity index (χ2v) is 5.01. The molecule has 1 aliphatic rings. The van der Waals surface area contributed by atoms with Crippen molar-refractivity contribution in [2.24, 2.45) is 0 Å². The van der Waals surface area contributed by atoms with Gasteiger partial charge in [-0.25, -0.2) is 0 Å². The van der Waals surface area contributed by atoms with E-state index in [1.165, 1.54) is 0 Å². The molecule has 4 nitrogen and oxygen atoms in total. The average Bonchev–Trinajstić information content (AvgIpc) is 2.28. The molecule has 1 fully saturated rings. The van der Waals surface area contributed by atoms with Crippen molar-refractivity contribution in [3.8, 4) is 0 Å². The highest BCUT2D eigenvalue weighted by molar-refractivity contribution is 5.92. The molecule has 0 spiro atoms. The zero-order valence-corrected chi connectivity index (χ0v) is 11.1. The number of nitrogens with one attached hydrogen (secondary N) is 2. The molecule has 0 radical (unpaired) electrons. The first kappa shape index (κ1) is 13.1. The number of piperazine rings is 1. The third-order valence-corrected chi connectivity index (χ3v) is 3.12. The van der Waals surface area contributed by atoms with Gasteiger partial charge in [0.2, 0.25) is 5.91 Å². The molecular formula is C14H21N3O. The lowest BCUT2D eigenvalue weighted by Gasteiger charge is -2.31. The van der Waals surface area contributed by atoms with Crippen LogP contribution in [0.5, 0.6) is 0 Å². The number of aryl methyl sites for hydroxylation is 1. The molecule has 0 saturated carbocycles. The first-order valence-electron chi connectivity index (χ1n) is 6.46. The SMILES string of the molecule is Cc1cccc(NC(=O)CN2CCNC(C)C2)c1. The van der Waals surface area contributed by atoms with Gasteiger partial charge in [0.1, 0.15) is 0 Å². The molecule has 2 N–H and O–H groups in total. The Morgan fingerprint density at radius 3 is 3.11 bits per heavy atom. The number of rotatable bonds is 3. The maximum atomic E-state index is 11.9. The number of hydrogen-bond donors (Lipinski definition) is 2. The standard InChI is InChI=1S/C14H21N3O/c1-11-4-3-5-13(8-11)16-14(18)10-17-7-6-15-12(2)9-17/h3-5,8,12,15H,6-7,9-10H2,1-2H3,(H,16,18). The van der Waals surface area contributed by atoms with Crippen LogP contribution in [0.25, 0.3) is 0 Å². The molecule has 1 aromatic rings. The zero-order chi connectivity index (χ0) is 13.0. The number of nitrogens with zero attached hydrogens (tertiary/aromatic N) is 1. The summed E-state index contributed by atoms with van der Waals surface area (Å²) in [5, 5.41) is 6.31. The quantitative estimate of drug-likeness (QED) is 0.844. The maximum absolute atomic E-state index is 11.9. The van der Waals surface area contributed by atoms with Crippen LogP contribution in [0, 0.1) is 6.92 Å². The fourth-order valence-electron chi connectivity index (χ4n) is 2.28. The number of amides is 1. The van der Waals surface area contributed by atoms with E-state index in [4.69, 9.17) is 0 Å². The predicted molar refractivity (Wildman–Crippen MR) is 73.7 cm³/mol. The number of anilines is 1. The number of carbonyl (C=O) groups is 1. The summed E-state index contributed by atoms with van der Waals surface area (Å²) in [5.74, 6) is 0.0645. The van der Waals surface area contributed by atoms with Crippen LogP contribution in [0.2, 0.25) is 0 Å². The first-order chi connectivity index (χ1) is 8.63. The summed E-state index contributed by atoms with van der Waals surface area (Å²) in [6, 6.07) is 8.35. The molecule has 0 aromatic heterocycles. The third kappa shape index (κ3) is 3.82. The van der Waals surface area contributed by atoms with Crippen LogP contribution in [0.15, 0.2) is 24.3 Å². The predicted octanol–water partition coefficient (Wildman–Crippen LogP) is 1.23. The van der Waals surface area contributed by atoms with Crippen molar-refractivity contribution in [3.63, 3.8) is 0 Å². The van der Waals surface area contributed by atoms with Gasteiger partial charge in [0.25, 0.3) is 0 Å². The molecule has 0 bridgehead atoms. The molecule has 1 aromatic carbocycles. The molecule has 1 unspecified atom stereocenters. The summed E-state index contributed by atoms with van der Waals surface area (Å²) in [5.41, 5.74) is 2.03. The van der Waals surface area contributed by atoms with Crippen molar-refractivity contribution in [3.05, 3.63) is 29.8 Å². The molecule has 4 heteroatoms. The molecule has 1 amide bonds. The largest absolute Gasteiger partial charge is 0.325 e. The fraction of sp³-hybridized carbons (Fsp3) is 0.500. The highest BCUT2D eigenvalue weighted by atomic mass is 16.2. The summed E-state index contributed by atoms with van der Waals surface area (Å²) < 4.78 is 0. The normalized spacial score (nSPS) is 20.7. The molecule has 1 atom stereocenters. The minimum absolute atomic E-state index is 0.0645. The molecule has 2 rings (SSSR count). The maximum Gasteiger partial charge on any atom is 0.238 e. The van der Waals surface area contributed by atoms with E-state index in [9.17, 15) is 4.79 Å². The first-order valence-corrected chi connectivity index (χ1v) is 6.46. The molecule has 1 saturated heterocycles. The topological polar surface area (TPSA) is 44.4 Å². The number of benzene rings is 1. The lowest BCUT2D eigenvalue weighted by molar-refractivity contribution is -0.117. The Labute approximate surface area is 108 Å². The Kier molecular flexibility index (Phi) is 4.33. The van der Waals surface area contributed by atoms with E-state index < -0.39 is 0 Å². The molecule has 1 aliphatic heterocycles. The Hall–Kier alpha value is -1.39. The van der Waals surface area contributed by atoms with Gasteiger partial charge in [-0.1, -0.05) is 12.1 Å². The van der Waals surface area contributed by atoms with E-state index in [0.29, 0.717) is 12.6 Å². The summed E-state index contributed by atoms with van der Waals surface area (Å²) in [6.45, 7) is 7.46. The van der Waals surface area contributed by atoms with Gasteiger partial charge in [0.05, 0.1) is 6.54 Å². The van der Waals surface area contributed by atoms with Crippen LogP contribution in [-0.4, -0.2) is 43.0 Å². The monoisotopic (exact) mass is 247 g/mol. The molecule has 1 heterocycles. The summed E-state index contributed by atoms with van der Waals surface area (Å²) >= 11 is 0. The Morgan fingerprint density at radius 2 is 2.39 bits per heavy atom. The number of carbonyl (C=O) groups excluding carboxylic acids is 1. The van der Waals surface area contributed by atoms with E-state index in [1.54, 1.807) is 0 Å². The fourth-order valence-corrected chi connectivity index (χ4v) is 2.28. The van der Waals surface area contributed by atoms with E-state index in [0.717, 1.165) is 30.9 Å². The van der Waals surface area contributed by atoms with E-state index >= 15 is 0 Å². The van der Waals surface area contributed by atoms with Crippen LogP contribution in [0.3, 0.4) is 0 Å². The zero-order valence-electron chi connectivity index (χ0n) is 11.1. The Bertz CT molecular complexity index is 419. The van der Waals surface area contributed by atoms with Crippen LogP contribution in [0.4, 0.5) is 5.69 Å². The van der Waals surface area contributed by atoms with Gasteiger partial charge in [-0.3, -0.25) is 9.69 Å². The second-order valence-electron chi connectivity index (χ2n) is 5.01. The van der Waals surface area contributed by atoms with Gasteiger partial charge in [-0.2, -0.15) is 0 Å². The van der Waals surface area contributed by atoms with Crippen molar-refractivity contribution in [1.29, 1.82) is 0 Å². The lowest BCUT2D eigenvalue weighted by Crippen LogP contribution is -2.51. The lowest BCUT2D eigenvalue weighted by atomic mass is 10.2. The minimum Gasteiger partial charge on any atom is -0.325 e. The number of hydrogen-bond acceptors (Lipinski definition) is 3. The second kappa shape index (κ2) is 5.98. The van der Waals surface area contributed by atoms with Gasteiger partial charge in [-0.15, -0.1) is 0 Å². The van der Waals surface area contributed by atoms with E-state index in [-0.39, 0.29) is 5.91 Å². The molecule has 98 valence electrons. The minimum atomic E-state index is 0.0645. The van der Waals surface area contributed by atoms with Crippen molar-refractivity contribution in [2.45, 2.75) is 19.9 Å². The third-order valence-electron chi connectivity index (χ3n) is 3.12. The van der Waals surface area contributed by atoms with Crippen molar-refractivity contribution >= 4 is 11.6 Å². The van der Waals surface area contributed by atoms with Gasteiger partial charge >= 0.3 is 0 Å². The Balaban J connectivity index is 1.85. The van der Waals surface area contributed by atoms with Crippen molar-refractivity contribution in [2.75, 3.05) is 31.5 Å².